The summed E-state index contributed by atoms with van der Waals surface area (Å²) in [7, 11) is 4.57. The van der Waals surface area contributed by atoms with Crippen LogP contribution in [-0.2, 0) is 4.79 Å². The summed E-state index contributed by atoms with van der Waals surface area (Å²) < 4.78 is 18.2. The van der Waals surface area contributed by atoms with Crippen LogP contribution >= 0.6 is 23.4 Å². The molecule has 14 heteroatoms. The number of rotatable bonds is 11. The van der Waals surface area contributed by atoms with Gasteiger partial charge in [-0.1, -0.05) is 41.6 Å². The third-order valence-electron chi connectivity index (χ3n) is 5.49. The Hall–Kier alpha value is -4.62. The maximum atomic E-state index is 12.5. The fraction of sp³-hybridized carbons (Fsp3) is 0.154. The van der Waals surface area contributed by atoms with Gasteiger partial charge in [0.2, 0.25) is 5.75 Å². The van der Waals surface area contributed by atoms with E-state index >= 15 is 0 Å². The summed E-state index contributed by atoms with van der Waals surface area (Å²) in [6.45, 7) is 0. The molecule has 206 valence electrons. The van der Waals surface area contributed by atoms with Crippen molar-refractivity contribution in [3.63, 3.8) is 0 Å². The van der Waals surface area contributed by atoms with Gasteiger partial charge in [-0.15, -0.1) is 10.2 Å². The molecule has 1 N–H and O–H groups in total. The van der Waals surface area contributed by atoms with Crippen LogP contribution in [0.4, 0.5) is 5.69 Å². The first-order chi connectivity index (χ1) is 19.4. The van der Waals surface area contributed by atoms with E-state index in [4.69, 9.17) is 25.8 Å². The lowest BCUT2D eigenvalue weighted by molar-refractivity contribution is -0.384. The summed E-state index contributed by atoms with van der Waals surface area (Å²) in [6, 6.07) is 16.9. The van der Waals surface area contributed by atoms with E-state index in [0.717, 1.165) is 17.4 Å². The van der Waals surface area contributed by atoms with Crippen LogP contribution in [-0.4, -0.2) is 58.9 Å². The van der Waals surface area contributed by atoms with Crippen LogP contribution < -0.4 is 19.6 Å². The Labute approximate surface area is 238 Å². The highest BCUT2D eigenvalue weighted by Crippen LogP contribution is 2.41. The highest BCUT2D eigenvalue weighted by Gasteiger charge is 2.21. The fourth-order valence-corrected chi connectivity index (χ4v) is 4.56. The molecule has 0 atom stereocenters. The number of carbonyl (C=O) groups excluding carboxylic acids is 1. The van der Waals surface area contributed by atoms with E-state index in [0.29, 0.717) is 39.4 Å². The molecule has 12 nitrogen and oxygen atoms in total. The maximum Gasteiger partial charge on any atom is 0.270 e. The van der Waals surface area contributed by atoms with Gasteiger partial charge < -0.3 is 14.2 Å². The molecule has 0 bridgehead atoms. The molecule has 0 fully saturated rings. The van der Waals surface area contributed by atoms with Crippen molar-refractivity contribution in [3.8, 4) is 34.3 Å². The van der Waals surface area contributed by atoms with Gasteiger partial charge in [0, 0.05) is 34.0 Å². The number of carbonyl (C=O) groups is 1. The number of aromatic nitrogens is 3. The van der Waals surface area contributed by atoms with Crippen LogP contribution in [0.2, 0.25) is 5.02 Å². The molecule has 3 aromatic carbocycles. The fourth-order valence-electron chi connectivity index (χ4n) is 3.65. The van der Waals surface area contributed by atoms with Crippen molar-refractivity contribution in [1.29, 1.82) is 0 Å². The van der Waals surface area contributed by atoms with E-state index in [1.54, 1.807) is 12.1 Å². The molecule has 1 aromatic heterocycles. The molecular formula is C26H23ClN6O6S. The number of nitrogens with one attached hydrogen (secondary N) is 1. The lowest BCUT2D eigenvalue weighted by atomic mass is 10.1. The van der Waals surface area contributed by atoms with E-state index in [9.17, 15) is 14.9 Å². The zero-order chi connectivity index (χ0) is 28.6. The van der Waals surface area contributed by atoms with Crippen molar-refractivity contribution in [2.75, 3.05) is 27.1 Å². The van der Waals surface area contributed by atoms with Gasteiger partial charge in [-0.2, -0.15) is 5.10 Å². The molecule has 0 saturated carbocycles. The SMILES string of the molecule is COc1cc(-c2nnc(SCC(=O)N/N=C\c3cc([N+](=O)[O-])ccc3Cl)n2-c2ccccc2)cc(OC)c1OC. The third-order valence-corrected chi connectivity index (χ3v) is 6.76. The number of nitro benzene ring substituents is 1. The Morgan fingerprint density at radius 2 is 1.77 bits per heavy atom. The number of methoxy groups -OCH3 is 3. The van der Waals surface area contributed by atoms with Crippen molar-refractivity contribution in [3.05, 3.63) is 81.4 Å². The predicted molar refractivity (Wildman–Crippen MR) is 151 cm³/mol. The first-order valence-corrected chi connectivity index (χ1v) is 12.9. The van der Waals surface area contributed by atoms with E-state index in [1.807, 2.05) is 34.9 Å². The van der Waals surface area contributed by atoms with Gasteiger partial charge >= 0.3 is 0 Å². The largest absolute Gasteiger partial charge is 0.493 e. The van der Waals surface area contributed by atoms with E-state index in [1.165, 1.54) is 45.7 Å². The second-order valence-corrected chi connectivity index (χ2v) is 9.29. The van der Waals surface area contributed by atoms with Gasteiger partial charge in [-0.05, 0) is 30.3 Å². The number of ether oxygens (including phenoxy) is 3. The monoisotopic (exact) mass is 582 g/mol. The number of hydrazone groups is 1. The second-order valence-electron chi connectivity index (χ2n) is 7.94. The van der Waals surface area contributed by atoms with Crippen LogP contribution in [0.1, 0.15) is 5.56 Å². The number of hydrogen-bond donors (Lipinski definition) is 1. The van der Waals surface area contributed by atoms with E-state index in [-0.39, 0.29) is 16.5 Å². The molecule has 0 radical (unpaired) electrons. The van der Waals surface area contributed by atoms with Gasteiger partial charge in [0.1, 0.15) is 0 Å². The maximum absolute atomic E-state index is 12.5. The molecule has 40 heavy (non-hydrogen) atoms. The third kappa shape index (κ3) is 6.33. The number of nitro groups is 1. The summed E-state index contributed by atoms with van der Waals surface area (Å²) in [6.07, 6.45) is 1.24. The Bertz CT molecular complexity index is 1540. The van der Waals surface area contributed by atoms with Crippen LogP contribution in [0.25, 0.3) is 17.1 Å². The summed E-state index contributed by atoms with van der Waals surface area (Å²) in [5.74, 6) is 1.37. The zero-order valence-electron chi connectivity index (χ0n) is 21.5. The molecule has 0 unspecified atom stereocenters. The lowest BCUT2D eigenvalue weighted by Crippen LogP contribution is -2.20. The number of para-hydroxylation sites is 1. The number of benzene rings is 3. The number of nitrogens with zero attached hydrogens (tertiary/aromatic N) is 5. The number of hydrogen-bond acceptors (Lipinski definition) is 10. The Morgan fingerprint density at radius 3 is 2.40 bits per heavy atom. The first kappa shape index (κ1) is 28.4. The number of halogens is 1. The van der Waals surface area contributed by atoms with Crippen molar-refractivity contribution in [2.24, 2.45) is 5.10 Å². The lowest BCUT2D eigenvalue weighted by Gasteiger charge is -2.15. The minimum Gasteiger partial charge on any atom is -0.493 e. The Balaban J connectivity index is 1.57. The topological polar surface area (TPSA) is 143 Å². The summed E-state index contributed by atoms with van der Waals surface area (Å²) >= 11 is 7.22. The quantitative estimate of drug-likeness (QED) is 0.114. The highest BCUT2D eigenvalue weighted by atomic mass is 35.5. The molecular weight excluding hydrogens is 560 g/mol. The van der Waals surface area contributed by atoms with Gasteiger partial charge in [0.25, 0.3) is 11.6 Å². The summed E-state index contributed by atoms with van der Waals surface area (Å²) in [4.78, 5) is 23.0. The highest BCUT2D eigenvalue weighted by molar-refractivity contribution is 7.99. The molecule has 0 aliphatic heterocycles. The van der Waals surface area contributed by atoms with Crippen LogP contribution in [0.15, 0.2) is 70.9 Å². The average Bonchev–Trinajstić information content (AvgIpc) is 3.40. The van der Waals surface area contributed by atoms with Gasteiger partial charge in [0.15, 0.2) is 22.5 Å². The number of amides is 1. The minimum atomic E-state index is -0.544. The normalized spacial score (nSPS) is 10.9. The first-order valence-electron chi connectivity index (χ1n) is 11.6. The Morgan fingerprint density at radius 1 is 1.07 bits per heavy atom. The van der Waals surface area contributed by atoms with Crippen LogP contribution in [0.5, 0.6) is 17.2 Å². The molecule has 0 aliphatic carbocycles. The van der Waals surface area contributed by atoms with Crippen LogP contribution in [0.3, 0.4) is 0 Å². The molecule has 0 aliphatic rings. The smallest absolute Gasteiger partial charge is 0.270 e. The van der Waals surface area contributed by atoms with Crippen molar-refractivity contribution < 1.29 is 23.9 Å². The summed E-state index contributed by atoms with van der Waals surface area (Å²) in [5, 5.41) is 24.3. The summed E-state index contributed by atoms with van der Waals surface area (Å²) in [5.41, 5.74) is 3.97. The number of thioether (sulfide) groups is 1. The molecule has 1 heterocycles. The Kier molecular flexibility index (Phi) is 9.19. The molecule has 4 rings (SSSR count). The number of non-ortho nitro benzene ring substituents is 1. The van der Waals surface area contributed by atoms with Gasteiger partial charge in [-0.25, -0.2) is 5.43 Å². The van der Waals surface area contributed by atoms with Crippen molar-refractivity contribution in [2.45, 2.75) is 5.16 Å². The van der Waals surface area contributed by atoms with Crippen LogP contribution in [0, 0.1) is 10.1 Å². The minimum absolute atomic E-state index is 0.0414. The van der Waals surface area contributed by atoms with E-state index in [2.05, 4.69) is 20.7 Å². The van der Waals surface area contributed by atoms with Gasteiger partial charge in [-0.3, -0.25) is 19.5 Å². The molecule has 4 aromatic rings. The van der Waals surface area contributed by atoms with Crippen molar-refractivity contribution in [1.82, 2.24) is 20.2 Å². The molecule has 0 spiro atoms. The second kappa shape index (κ2) is 13.0. The molecule has 0 saturated heterocycles. The van der Waals surface area contributed by atoms with Crippen molar-refractivity contribution >= 4 is 41.2 Å². The predicted octanol–water partition coefficient (Wildman–Crippen LogP) is 4.76. The molecule has 1 amide bonds. The van der Waals surface area contributed by atoms with Gasteiger partial charge in [0.05, 0.1) is 38.2 Å². The standard InChI is InChI=1S/C26H23ClN6O6S/c1-37-21-12-16(13-22(38-2)24(21)39-3)25-30-31-26(32(25)18-7-5-4-6-8-18)40-15-23(34)29-28-14-17-11-19(33(35)36)9-10-20(17)27/h4-14H,15H2,1-3H3,(H,29,34)/b28-14-. The van der Waals surface area contributed by atoms with E-state index < -0.39 is 10.8 Å². The average molecular weight is 583 g/mol. The zero-order valence-corrected chi connectivity index (χ0v) is 23.1.